The van der Waals surface area contributed by atoms with E-state index in [1.807, 2.05) is 6.08 Å². The molecule has 2 nitrogen and oxygen atoms in total. The molecule has 5 heteroatoms. The molecule has 1 saturated heterocycles. The zero-order chi connectivity index (χ0) is 14.8. The van der Waals surface area contributed by atoms with E-state index in [1.165, 1.54) is 12.5 Å². The highest BCUT2D eigenvalue weighted by Gasteiger charge is 2.46. The van der Waals surface area contributed by atoms with Crippen molar-refractivity contribution in [1.82, 2.24) is 4.57 Å². The largest absolute Gasteiger partial charge is 0.320 e. The van der Waals surface area contributed by atoms with Crippen molar-refractivity contribution < 1.29 is 4.79 Å². The molecule has 2 atom stereocenters. The van der Waals surface area contributed by atoms with Gasteiger partial charge < -0.3 is 4.57 Å². The number of thiol groups is 1. The quantitative estimate of drug-likeness (QED) is 0.454. The van der Waals surface area contributed by atoms with E-state index in [2.05, 4.69) is 56.5 Å². The van der Waals surface area contributed by atoms with E-state index < -0.39 is 16.3 Å². The molecule has 0 aromatic rings. The van der Waals surface area contributed by atoms with Crippen molar-refractivity contribution in [2.24, 2.45) is 0 Å². The first-order chi connectivity index (χ1) is 8.61. The molecule has 110 valence electrons. The monoisotopic (exact) mass is 315 g/mol. The van der Waals surface area contributed by atoms with Crippen molar-refractivity contribution in [3.05, 3.63) is 12.7 Å². The second-order valence-corrected chi connectivity index (χ2v) is 17.9. The first kappa shape index (κ1) is 17.2. The molecule has 0 amide bonds. The highest BCUT2D eigenvalue weighted by atomic mass is 32.1. The molecule has 0 aromatic heterocycles. The lowest BCUT2D eigenvalue weighted by Crippen LogP contribution is -2.55. The van der Waals surface area contributed by atoms with Gasteiger partial charge in [-0.05, 0) is 25.4 Å². The van der Waals surface area contributed by atoms with E-state index in [1.54, 1.807) is 0 Å². The van der Waals surface area contributed by atoms with Crippen molar-refractivity contribution >= 4 is 34.1 Å². The van der Waals surface area contributed by atoms with Gasteiger partial charge in [0.2, 0.25) is 0 Å². The van der Waals surface area contributed by atoms with Gasteiger partial charge in [-0.3, -0.25) is 4.79 Å². The number of carbonyl (C=O) groups is 1. The van der Waals surface area contributed by atoms with Crippen LogP contribution in [0.5, 0.6) is 0 Å². The van der Waals surface area contributed by atoms with Crippen LogP contribution < -0.4 is 0 Å². The van der Waals surface area contributed by atoms with Crippen molar-refractivity contribution in [3.63, 3.8) is 0 Å². The van der Waals surface area contributed by atoms with Crippen LogP contribution >= 0.6 is 12.6 Å². The molecule has 0 radical (unpaired) electrons. The molecule has 0 saturated carbocycles. The maximum atomic E-state index is 12.1. The third-order valence-electron chi connectivity index (χ3n) is 4.36. The minimum atomic E-state index is -1.57. The molecule has 1 rings (SSSR count). The summed E-state index contributed by atoms with van der Waals surface area (Å²) in [5.74, 6) is 0. The Morgan fingerprint density at radius 3 is 2.37 bits per heavy atom. The lowest BCUT2D eigenvalue weighted by atomic mass is 10.1. The van der Waals surface area contributed by atoms with E-state index in [-0.39, 0.29) is 10.7 Å². The van der Waals surface area contributed by atoms with Crippen molar-refractivity contribution in [2.75, 3.05) is 6.54 Å². The van der Waals surface area contributed by atoms with Crippen molar-refractivity contribution in [1.29, 1.82) is 0 Å². The van der Waals surface area contributed by atoms with Gasteiger partial charge in [-0.2, -0.15) is 0 Å². The SMILES string of the molecule is C=CCC(C(C(=O)S)[Si](C)(C)C)N1CCC[Si]1(C)C. The summed E-state index contributed by atoms with van der Waals surface area (Å²) >= 11 is 4.22. The Hall–Kier alpha value is 0.154. The third-order valence-corrected chi connectivity index (χ3v) is 11.1. The van der Waals surface area contributed by atoms with Crippen molar-refractivity contribution in [3.8, 4) is 0 Å². The molecule has 1 aliphatic heterocycles. The Morgan fingerprint density at radius 2 is 2.05 bits per heavy atom. The first-order valence-corrected chi connectivity index (χ1v) is 14.4. The van der Waals surface area contributed by atoms with E-state index in [0.29, 0.717) is 6.04 Å². The molecule has 1 heterocycles. The molecule has 0 N–H and O–H groups in total. The third kappa shape index (κ3) is 4.06. The molecule has 19 heavy (non-hydrogen) atoms. The fraction of sp³-hybridized carbons (Fsp3) is 0.786. The average Bonchev–Trinajstić information content (AvgIpc) is 2.54. The highest BCUT2D eigenvalue weighted by Crippen LogP contribution is 2.39. The van der Waals surface area contributed by atoms with Crippen molar-refractivity contribution in [2.45, 2.75) is 63.2 Å². The molecule has 0 bridgehead atoms. The molecule has 0 spiro atoms. The first-order valence-electron chi connectivity index (χ1n) is 7.21. The minimum absolute atomic E-state index is 0.0858. The number of nitrogens with zero attached hydrogens (tertiary/aromatic N) is 1. The Balaban J connectivity index is 3.11. The minimum Gasteiger partial charge on any atom is -0.320 e. The predicted octanol–water partition coefficient (Wildman–Crippen LogP) is 4.01. The van der Waals surface area contributed by atoms with Crippen LogP contribution in [0, 0.1) is 0 Å². The van der Waals surface area contributed by atoms with E-state index in [0.717, 1.165) is 13.0 Å². The Kier molecular flexibility index (Phi) is 5.69. The predicted molar refractivity (Wildman–Crippen MR) is 93.3 cm³/mol. The Morgan fingerprint density at radius 1 is 1.47 bits per heavy atom. The van der Waals surface area contributed by atoms with Gasteiger partial charge in [0.25, 0.3) is 0 Å². The summed E-state index contributed by atoms with van der Waals surface area (Å²) in [5, 5.41) is 0.0858. The average molecular weight is 316 g/mol. The number of hydrogen-bond donors (Lipinski definition) is 1. The summed E-state index contributed by atoms with van der Waals surface area (Å²) in [6, 6.07) is 1.68. The van der Waals surface area contributed by atoms with Crippen LogP contribution in [-0.2, 0) is 4.79 Å². The summed E-state index contributed by atoms with van der Waals surface area (Å²) in [5.41, 5.74) is 0.110. The summed E-state index contributed by atoms with van der Waals surface area (Å²) < 4.78 is 2.67. The van der Waals surface area contributed by atoms with Gasteiger partial charge in [0.15, 0.2) is 5.12 Å². The fourth-order valence-electron chi connectivity index (χ4n) is 3.47. The van der Waals surface area contributed by atoms with Gasteiger partial charge in [0.1, 0.15) is 8.24 Å². The van der Waals surface area contributed by atoms with Crippen LogP contribution in [0.2, 0.25) is 44.3 Å². The molecule has 2 unspecified atom stereocenters. The summed E-state index contributed by atoms with van der Waals surface area (Å²) in [6.45, 7) is 16.8. The fourth-order valence-corrected chi connectivity index (χ4v) is 10.4. The zero-order valence-corrected chi connectivity index (χ0v) is 16.0. The van der Waals surface area contributed by atoms with Crippen LogP contribution in [0.1, 0.15) is 12.8 Å². The van der Waals surface area contributed by atoms with Crippen LogP contribution in [0.25, 0.3) is 0 Å². The van der Waals surface area contributed by atoms with Crippen LogP contribution in [0.3, 0.4) is 0 Å². The number of hydrogen-bond acceptors (Lipinski definition) is 2. The van der Waals surface area contributed by atoms with Crippen LogP contribution in [-0.4, -0.2) is 38.6 Å². The Bertz CT molecular complexity index is 352. The molecule has 0 aromatic carbocycles. The van der Waals surface area contributed by atoms with E-state index >= 15 is 0 Å². The van der Waals surface area contributed by atoms with Gasteiger partial charge >= 0.3 is 0 Å². The van der Waals surface area contributed by atoms with Gasteiger partial charge in [0, 0.05) is 11.6 Å². The lowest BCUT2D eigenvalue weighted by Gasteiger charge is -2.44. The molecule has 1 fully saturated rings. The highest BCUT2D eigenvalue weighted by molar-refractivity contribution is 7.97. The Labute approximate surface area is 126 Å². The molecular formula is C14H29NOSSi2. The molecule has 0 aliphatic carbocycles. The smallest absolute Gasteiger partial charge is 0.187 e. The second kappa shape index (κ2) is 6.28. The maximum absolute atomic E-state index is 12.1. The summed E-state index contributed by atoms with van der Waals surface area (Å²) in [7, 11) is -2.91. The van der Waals surface area contributed by atoms with Gasteiger partial charge in [0.05, 0.1) is 8.07 Å². The maximum Gasteiger partial charge on any atom is 0.187 e. The molecular weight excluding hydrogens is 286 g/mol. The van der Waals surface area contributed by atoms with Gasteiger partial charge in [-0.15, -0.1) is 19.2 Å². The summed E-state index contributed by atoms with van der Waals surface area (Å²) in [6.07, 6.45) is 4.18. The topological polar surface area (TPSA) is 20.3 Å². The number of carbonyl (C=O) groups excluding carboxylic acids is 1. The van der Waals surface area contributed by atoms with Gasteiger partial charge in [-0.1, -0.05) is 38.8 Å². The standard InChI is InChI=1S/C14H29NOSSi2/c1-7-9-12(13(14(16)17)18(2,3)4)15-10-8-11-19(15,5)6/h7,12-13H,1,8-11H2,2-6H3,(H,16,17). The van der Waals surface area contributed by atoms with Gasteiger partial charge in [-0.25, -0.2) is 0 Å². The zero-order valence-electron chi connectivity index (χ0n) is 13.1. The van der Waals surface area contributed by atoms with E-state index in [4.69, 9.17) is 0 Å². The lowest BCUT2D eigenvalue weighted by molar-refractivity contribution is -0.111. The number of rotatable bonds is 6. The van der Waals surface area contributed by atoms with E-state index in [9.17, 15) is 4.79 Å². The normalized spacial score (nSPS) is 23.1. The van der Waals surface area contributed by atoms with Crippen LogP contribution in [0.4, 0.5) is 0 Å². The molecule has 1 aliphatic rings. The summed E-state index contributed by atoms with van der Waals surface area (Å²) in [4.78, 5) is 12.1. The second-order valence-electron chi connectivity index (χ2n) is 7.38. The van der Waals surface area contributed by atoms with Crippen LogP contribution in [0.15, 0.2) is 12.7 Å².